The van der Waals surface area contributed by atoms with Crippen molar-refractivity contribution in [2.24, 2.45) is 0 Å². The first-order chi connectivity index (χ1) is 8.56. The van der Waals surface area contributed by atoms with Crippen LogP contribution in [0.25, 0.3) is 0 Å². The molecule has 0 saturated carbocycles. The van der Waals surface area contributed by atoms with Gasteiger partial charge in [-0.2, -0.15) is 5.26 Å². The van der Waals surface area contributed by atoms with E-state index in [0.717, 1.165) is 19.5 Å². The van der Waals surface area contributed by atoms with Gasteiger partial charge in [0.25, 0.3) is 0 Å². The van der Waals surface area contributed by atoms with Gasteiger partial charge in [0.05, 0.1) is 11.3 Å². The van der Waals surface area contributed by atoms with Gasteiger partial charge in [0.15, 0.2) is 5.82 Å². The molecule has 0 unspecified atom stereocenters. The monoisotopic (exact) mass is 247 g/mol. The fraction of sp³-hybridized carbons (Fsp3) is 0.538. The molecule has 1 rings (SSSR count). The van der Waals surface area contributed by atoms with Gasteiger partial charge in [-0.1, -0.05) is 0 Å². The number of nitrogens with zero attached hydrogens (tertiary/aromatic N) is 3. The van der Waals surface area contributed by atoms with Gasteiger partial charge in [-0.05, 0) is 39.9 Å². The van der Waals surface area contributed by atoms with E-state index in [1.165, 1.54) is 0 Å². The molecular weight excluding hydrogens is 226 g/mol. The standard InChI is InChI=1S/C13H21N5/c1-10(2)18(3)8-4-6-16-13-12(15)11(9-14)5-7-17-13/h5,7,10H,4,6,8,15H2,1-3H3,(H,16,17). The molecule has 0 spiro atoms. The minimum Gasteiger partial charge on any atom is -0.395 e. The molecule has 0 radical (unpaired) electrons. The van der Waals surface area contributed by atoms with Crippen LogP contribution in [0.2, 0.25) is 0 Å². The number of hydrogen-bond donors (Lipinski definition) is 2. The van der Waals surface area contributed by atoms with Crippen LogP contribution in [0.15, 0.2) is 12.3 Å². The summed E-state index contributed by atoms with van der Waals surface area (Å²) in [6.07, 6.45) is 2.60. The second-order valence-corrected chi connectivity index (χ2v) is 4.59. The third-order valence-electron chi connectivity index (χ3n) is 2.97. The summed E-state index contributed by atoms with van der Waals surface area (Å²) in [6.45, 7) is 6.15. The molecule has 3 N–H and O–H groups in total. The zero-order chi connectivity index (χ0) is 13.5. The van der Waals surface area contributed by atoms with Crippen LogP contribution in [0.3, 0.4) is 0 Å². The number of rotatable bonds is 6. The lowest BCUT2D eigenvalue weighted by Gasteiger charge is -2.20. The van der Waals surface area contributed by atoms with Crippen molar-refractivity contribution in [2.75, 3.05) is 31.2 Å². The Bertz CT molecular complexity index is 422. The van der Waals surface area contributed by atoms with Crippen molar-refractivity contribution in [1.82, 2.24) is 9.88 Å². The Morgan fingerprint density at radius 1 is 1.56 bits per heavy atom. The first-order valence-electron chi connectivity index (χ1n) is 6.15. The fourth-order valence-corrected chi connectivity index (χ4v) is 1.51. The third-order valence-corrected chi connectivity index (χ3v) is 2.97. The van der Waals surface area contributed by atoms with Gasteiger partial charge in [0.1, 0.15) is 6.07 Å². The lowest BCUT2D eigenvalue weighted by molar-refractivity contribution is 0.273. The van der Waals surface area contributed by atoms with E-state index in [-0.39, 0.29) is 0 Å². The van der Waals surface area contributed by atoms with Gasteiger partial charge in [-0.3, -0.25) is 0 Å². The van der Waals surface area contributed by atoms with E-state index in [9.17, 15) is 0 Å². The maximum Gasteiger partial charge on any atom is 0.150 e. The van der Waals surface area contributed by atoms with E-state index in [1.807, 2.05) is 6.07 Å². The van der Waals surface area contributed by atoms with Gasteiger partial charge >= 0.3 is 0 Å². The Morgan fingerprint density at radius 3 is 2.89 bits per heavy atom. The number of nitrogens with two attached hydrogens (primary N) is 1. The summed E-state index contributed by atoms with van der Waals surface area (Å²) < 4.78 is 0. The lowest BCUT2D eigenvalue weighted by Crippen LogP contribution is -2.28. The average molecular weight is 247 g/mol. The third kappa shape index (κ3) is 3.90. The van der Waals surface area contributed by atoms with Crippen molar-refractivity contribution < 1.29 is 0 Å². The van der Waals surface area contributed by atoms with Crippen LogP contribution >= 0.6 is 0 Å². The SMILES string of the molecule is CC(C)N(C)CCCNc1nccc(C#N)c1N. The van der Waals surface area contributed by atoms with Crippen molar-refractivity contribution in [3.63, 3.8) is 0 Å². The largest absolute Gasteiger partial charge is 0.395 e. The molecule has 0 aliphatic heterocycles. The average Bonchev–Trinajstić information content (AvgIpc) is 2.35. The summed E-state index contributed by atoms with van der Waals surface area (Å²) in [5.41, 5.74) is 6.72. The Kier molecular flexibility index (Phi) is 5.40. The summed E-state index contributed by atoms with van der Waals surface area (Å²) in [7, 11) is 2.10. The number of pyridine rings is 1. The summed E-state index contributed by atoms with van der Waals surface area (Å²) >= 11 is 0. The van der Waals surface area contributed by atoms with Crippen LogP contribution in [-0.4, -0.2) is 36.1 Å². The summed E-state index contributed by atoms with van der Waals surface area (Å²) in [4.78, 5) is 6.42. The number of hydrogen-bond acceptors (Lipinski definition) is 5. The predicted molar refractivity (Wildman–Crippen MR) is 74.2 cm³/mol. The van der Waals surface area contributed by atoms with Gasteiger partial charge in [0, 0.05) is 18.8 Å². The first kappa shape index (κ1) is 14.3. The quantitative estimate of drug-likeness (QED) is 0.748. The normalized spacial score (nSPS) is 10.7. The van der Waals surface area contributed by atoms with Crippen molar-refractivity contribution in [3.8, 4) is 6.07 Å². The second kappa shape index (κ2) is 6.82. The predicted octanol–water partition coefficient (Wildman–Crippen LogP) is 1.68. The van der Waals surface area contributed by atoms with Crippen LogP contribution in [-0.2, 0) is 0 Å². The Hall–Kier alpha value is -1.80. The van der Waals surface area contributed by atoms with Crippen LogP contribution in [0.5, 0.6) is 0 Å². The number of nitriles is 1. The van der Waals surface area contributed by atoms with Crippen LogP contribution in [0.4, 0.5) is 11.5 Å². The lowest BCUT2D eigenvalue weighted by atomic mass is 10.2. The van der Waals surface area contributed by atoms with Crippen molar-refractivity contribution in [3.05, 3.63) is 17.8 Å². The summed E-state index contributed by atoms with van der Waals surface area (Å²) in [5.74, 6) is 0.598. The zero-order valence-corrected chi connectivity index (χ0v) is 11.3. The molecule has 98 valence electrons. The van der Waals surface area contributed by atoms with E-state index in [2.05, 4.69) is 36.1 Å². The minimum absolute atomic E-state index is 0.428. The molecule has 0 saturated heterocycles. The van der Waals surface area contributed by atoms with Gasteiger partial charge < -0.3 is 16.0 Å². The molecule has 5 heteroatoms. The highest BCUT2D eigenvalue weighted by Crippen LogP contribution is 2.18. The second-order valence-electron chi connectivity index (χ2n) is 4.59. The Labute approximate surface area is 109 Å². The number of anilines is 2. The molecule has 5 nitrogen and oxygen atoms in total. The number of nitrogens with one attached hydrogen (secondary N) is 1. The van der Waals surface area contributed by atoms with Crippen LogP contribution in [0, 0.1) is 11.3 Å². The van der Waals surface area contributed by atoms with Crippen LogP contribution < -0.4 is 11.1 Å². The molecule has 1 heterocycles. The molecule has 0 bridgehead atoms. The first-order valence-corrected chi connectivity index (χ1v) is 6.15. The van der Waals surface area contributed by atoms with E-state index < -0.39 is 0 Å². The Balaban J connectivity index is 2.43. The van der Waals surface area contributed by atoms with E-state index in [0.29, 0.717) is 23.1 Å². The summed E-state index contributed by atoms with van der Waals surface area (Å²) in [6, 6.07) is 4.22. The van der Waals surface area contributed by atoms with Crippen molar-refractivity contribution in [2.45, 2.75) is 26.3 Å². The zero-order valence-electron chi connectivity index (χ0n) is 11.3. The van der Waals surface area contributed by atoms with Gasteiger partial charge in [-0.15, -0.1) is 0 Å². The number of nitrogen functional groups attached to an aromatic ring is 1. The minimum atomic E-state index is 0.428. The highest BCUT2D eigenvalue weighted by Gasteiger charge is 2.06. The van der Waals surface area contributed by atoms with Crippen molar-refractivity contribution in [1.29, 1.82) is 5.26 Å². The maximum absolute atomic E-state index is 8.86. The van der Waals surface area contributed by atoms with Gasteiger partial charge in [0.2, 0.25) is 0 Å². The molecule has 0 aliphatic carbocycles. The van der Waals surface area contributed by atoms with E-state index in [4.69, 9.17) is 11.0 Å². The highest BCUT2D eigenvalue weighted by atomic mass is 15.1. The molecule has 0 amide bonds. The molecule has 0 atom stereocenters. The molecule has 0 fully saturated rings. The molecule has 18 heavy (non-hydrogen) atoms. The van der Waals surface area contributed by atoms with Crippen molar-refractivity contribution >= 4 is 11.5 Å². The van der Waals surface area contributed by atoms with Gasteiger partial charge in [-0.25, -0.2) is 4.98 Å². The van der Waals surface area contributed by atoms with E-state index >= 15 is 0 Å². The fourth-order valence-electron chi connectivity index (χ4n) is 1.51. The maximum atomic E-state index is 8.86. The highest BCUT2D eigenvalue weighted by molar-refractivity contribution is 5.68. The molecular formula is C13H21N5. The topological polar surface area (TPSA) is 78.0 Å². The van der Waals surface area contributed by atoms with E-state index in [1.54, 1.807) is 12.3 Å². The number of aromatic nitrogens is 1. The molecule has 1 aromatic heterocycles. The Morgan fingerprint density at radius 2 is 2.28 bits per heavy atom. The molecule has 0 aromatic carbocycles. The molecule has 1 aromatic rings. The smallest absolute Gasteiger partial charge is 0.150 e. The molecule has 0 aliphatic rings. The summed E-state index contributed by atoms with van der Waals surface area (Å²) in [5, 5.41) is 12.0. The van der Waals surface area contributed by atoms with Crippen LogP contribution in [0.1, 0.15) is 25.8 Å².